The lowest BCUT2D eigenvalue weighted by molar-refractivity contribution is -0.127. The van der Waals surface area contributed by atoms with E-state index in [4.69, 9.17) is 0 Å². The molecule has 7 heteroatoms. The highest BCUT2D eigenvalue weighted by molar-refractivity contribution is 7.99. The molecule has 1 amide bonds. The number of aromatic nitrogens is 2. The van der Waals surface area contributed by atoms with Gasteiger partial charge in [-0.05, 0) is 43.0 Å². The Morgan fingerprint density at radius 2 is 1.86 bits per heavy atom. The monoisotopic (exact) mass is 413 g/mol. The SMILES string of the molecule is CCn1c(SCC(=O)N(C)Cc2ccc(SC)cc2)nc2ccccc2c1=O. The summed E-state index contributed by atoms with van der Waals surface area (Å²) in [5, 5.41) is 1.18. The molecule has 1 aromatic heterocycles. The molecule has 0 fully saturated rings. The highest BCUT2D eigenvalue weighted by Gasteiger charge is 2.14. The molecular formula is C21H23N3O2S2. The first-order valence-electron chi connectivity index (χ1n) is 9.02. The lowest BCUT2D eigenvalue weighted by Crippen LogP contribution is -2.28. The summed E-state index contributed by atoms with van der Waals surface area (Å²) in [5.41, 5.74) is 1.69. The Bertz CT molecular complexity index is 1030. The van der Waals surface area contributed by atoms with Gasteiger partial charge in [0.1, 0.15) is 0 Å². The first kappa shape index (κ1) is 20.5. The molecule has 0 atom stereocenters. The van der Waals surface area contributed by atoms with Crippen LogP contribution in [0, 0.1) is 0 Å². The molecule has 0 unspecified atom stereocenters. The summed E-state index contributed by atoms with van der Waals surface area (Å²) in [5.74, 6) is 0.244. The standard InChI is InChI=1S/C21H23N3O2S2/c1-4-24-20(26)17-7-5-6-8-18(17)22-21(24)28-14-19(25)23(2)13-15-9-11-16(27-3)12-10-15/h5-12H,4,13-14H2,1-3H3. The number of rotatable bonds is 7. The van der Waals surface area contributed by atoms with E-state index in [-0.39, 0.29) is 17.2 Å². The van der Waals surface area contributed by atoms with Crippen molar-refractivity contribution in [2.45, 2.75) is 30.1 Å². The highest BCUT2D eigenvalue weighted by Crippen LogP contribution is 2.19. The summed E-state index contributed by atoms with van der Waals surface area (Å²) < 4.78 is 1.63. The smallest absolute Gasteiger partial charge is 0.262 e. The van der Waals surface area contributed by atoms with Crippen LogP contribution in [0.5, 0.6) is 0 Å². The van der Waals surface area contributed by atoms with Crippen LogP contribution in [-0.2, 0) is 17.9 Å². The van der Waals surface area contributed by atoms with Gasteiger partial charge in [0.15, 0.2) is 5.16 Å². The van der Waals surface area contributed by atoms with E-state index in [2.05, 4.69) is 17.1 Å². The van der Waals surface area contributed by atoms with Crippen molar-refractivity contribution in [1.82, 2.24) is 14.5 Å². The van der Waals surface area contributed by atoms with Crippen LogP contribution in [0.2, 0.25) is 0 Å². The van der Waals surface area contributed by atoms with Crippen molar-refractivity contribution in [2.24, 2.45) is 0 Å². The van der Waals surface area contributed by atoms with Crippen LogP contribution in [0.25, 0.3) is 10.9 Å². The van der Waals surface area contributed by atoms with Gasteiger partial charge in [0, 0.05) is 25.0 Å². The minimum absolute atomic E-state index is 0.00371. The van der Waals surface area contributed by atoms with Gasteiger partial charge in [-0.1, -0.05) is 36.0 Å². The molecule has 1 heterocycles. The van der Waals surface area contributed by atoms with Crippen LogP contribution in [0.1, 0.15) is 12.5 Å². The fraction of sp³-hybridized carbons (Fsp3) is 0.286. The van der Waals surface area contributed by atoms with E-state index in [0.29, 0.717) is 29.1 Å². The van der Waals surface area contributed by atoms with Crippen molar-refractivity contribution in [3.05, 3.63) is 64.4 Å². The van der Waals surface area contributed by atoms with Crippen LogP contribution in [0.4, 0.5) is 0 Å². The van der Waals surface area contributed by atoms with Gasteiger partial charge < -0.3 is 4.90 Å². The molecule has 3 rings (SSSR count). The minimum atomic E-state index is -0.0645. The summed E-state index contributed by atoms with van der Waals surface area (Å²) >= 11 is 3.01. The Hall–Kier alpha value is -2.25. The topological polar surface area (TPSA) is 55.2 Å². The van der Waals surface area contributed by atoms with Gasteiger partial charge in [-0.15, -0.1) is 11.8 Å². The van der Waals surface area contributed by atoms with Crippen molar-refractivity contribution in [1.29, 1.82) is 0 Å². The van der Waals surface area contributed by atoms with Crippen molar-refractivity contribution < 1.29 is 4.79 Å². The highest BCUT2D eigenvalue weighted by atomic mass is 32.2. The second-order valence-electron chi connectivity index (χ2n) is 6.35. The van der Waals surface area contributed by atoms with Crippen molar-refractivity contribution in [3.8, 4) is 0 Å². The molecule has 0 aliphatic rings. The van der Waals surface area contributed by atoms with Gasteiger partial charge in [0.25, 0.3) is 5.56 Å². The van der Waals surface area contributed by atoms with Gasteiger partial charge >= 0.3 is 0 Å². The molecule has 0 radical (unpaired) electrons. The van der Waals surface area contributed by atoms with E-state index in [1.807, 2.05) is 43.5 Å². The van der Waals surface area contributed by atoms with E-state index in [9.17, 15) is 9.59 Å². The third kappa shape index (κ3) is 4.59. The summed E-state index contributed by atoms with van der Waals surface area (Å²) in [6, 6.07) is 15.5. The number of carbonyl (C=O) groups excluding carboxylic acids is 1. The van der Waals surface area contributed by atoms with Crippen LogP contribution in [0.15, 0.2) is 63.4 Å². The zero-order valence-corrected chi connectivity index (χ0v) is 17.8. The summed E-state index contributed by atoms with van der Waals surface area (Å²) in [7, 11) is 1.80. The first-order chi connectivity index (χ1) is 13.5. The zero-order valence-electron chi connectivity index (χ0n) is 16.2. The molecule has 28 heavy (non-hydrogen) atoms. The number of fused-ring (bicyclic) bond motifs is 1. The molecule has 146 valence electrons. The predicted molar refractivity (Wildman–Crippen MR) is 117 cm³/mol. The molecule has 3 aromatic rings. The molecule has 0 saturated carbocycles. The second kappa shape index (κ2) is 9.30. The second-order valence-corrected chi connectivity index (χ2v) is 8.17. The van der Waals surface area contributed by atoms with Crippen molar-refractivity contribution in [3.63, 3.8) is 0 Å². The summed E-state index contributed by atoms with van der Waals surface area (Å²) in [6.45, 7) is 2.98. The van der Waals surface area contributed by atoms with Crippen LogP contribution in [0.3, 0.4) is 0 Å². The van der Waals surface area contributed by atoms with Crippen molar-refractivity contribution >= 4 is 40.3 Å². The average molecular weight is 414 g/mol. The Labute approximate surface area is 173 Å². The van der Waals surface area contributed by atoms with E-state index < -0.39 is 0 Å². The van der Waals surface area contributed by atoms with E-state index in [1.54, 1.807) is 34.3 Å². The lowest BCUT2D eigenvalue weighted by Gasteiger charge is -2.18. The molecule has 0 aliphatic carbocycles. The van der Waals surface area contributed by atoms with Crippen LogP contribution >= 0.6 is 23.5 Å². The predicted octanol–water partition coefficient (Wildman–Crippen LogP) is 3.89. The number of nitrogens with zero attached hydrogens (tertiary/aromatic N) is 3. The Balaban J connectivity index is 1.70. The largest absolute Gasteiger partial charge is 0.341 e. The summed E-state index contributed by atoms with van der Waals surface area (Å²) in [4.78, 5) is 32.7. The number of thioether (sulfide) groups is 2. The Kier molecular flexibility index (Phi) is 6.80. The van der Waals surface area contributed by atoms with Gasteiger partial charge in [-0.25, -0.2) is 4.98 Å². The molecule has 0 aliphatic heterocycles. The third-order valence-electron chi connectivity index (χ3n) is 4.47. The van der Waals surface area contributed by atoms with Crippen molar-refractivity contribution in [2.75, 3.05) is 19.1 Å². The number of carbonyl (C=O) groups is 1. The van der Waals surface area contributed by atoms with Gasteiger partial charge in [0.05, 0.1) is 16.7 Å². The maximum atomic E-state index is 12.7. The van der Waals surface area contributed by atoms with Gasteiger partial charge in [-0.2, -0.15) is 0 Å². The number of amides is 1. The van der Waals surface area contributed by atoms with Gasteiger partial charge in [-0.3, -0.25) is 14.2 Å². The normalized spacial score (nSPS) is 11.0. The Morgan fingerprint density at radius 3 is 2.54 bits per heavy atom. The van der Waals surface area contributed by atoms with E-state index in [1.165, 1.54) is 16.7 Å². The average Bonchev–Trinajstić information content (AvgIpc) is 2.72. The van der Waals surface area contributed by atoms with E-state index in [0.717, 1.165) is 5.56 Å². The number of para-hydroxylation sites is 1. The zero-order chi connectivity index (χ0) is 20.1. The quantitative estimate of drug-likeness (QED) is 0.434. The fourth-order valence-electron chi connectivity index (χ4n) is 2.87. The minimum Gasteiger partial charge on any atom is -0.341 e. The first-order valence-corrected chi connectivity index (χ1v) is 11.2. The molecule has 2 aromatic carbocycles. The molecule has 0 saturated heterocycles. The molecule has 0 spiro atoms. The number of hydrogen-bond donors (Lipinski definition) is 0. The van der Waals surface area contributed by atoms with Crippen LogP contribution < -0.4 is 5.56 Å². The third-order valence-corrected chi connectivity index (χ3v) is 6.18. The Morgan fingerprint density at radius 1 is 1.14 bits per heavy atom. The number of benzene rings is 2. The molecule has 5 nitrogen and oxygen atoms in total. The fourth-order valence-corrected chi connectivity index (χ4v) is 4.28. The lowest BCUT2D eigenvalue weighted by atomic mass is 10.2. The number of hydrogen-bond acceptors (Lipinski definition) is 5. The van der Waals surface area contributed by atoms with Gasteiger partial charge in [0.2, 0.25) is 5.91 Å². The van der Waals surface area contributed by atoms with Crippen LogP contribution in [-0.4, -0.2) is 39.4 Å². The maximum absolute atomic E-state index is 12.7. The van der Waals surface area contributed by atoms with E-state index >= 15 is 0 Å². The molecule has 0 bridgehead atoms. The maximum Gasteiger partial charge on any atom is 0.262 e. The summed E-state index contributed by atoms with van der Waals surface area (Å²) in [6.07, 6.45) is 2.04. The molecular weight excluding hydrogens is 390 g/mol. The molecule has 0 N–H and O–H groups in total.